The Morgan fingerprint density at radius 2 is 2.07 bits per heavy atom. The number of methoxy groups -OCH3 is 1. The van der Waals surface area contributed by atoms with E-state index in [0.717, 1.165) is 18.5 Å². The third-order valence-electron chi connectivity index (χ3n) is 3.03. The lowest BCUT2D eigenvalue weighted by molar-refractivity contribution is -0.107. The minimum absolute atomic E-state index is 0.579. The quantitative estimate of drug-likeness (QED) is 0.703. The van der Waals surface area contributed by atoms with Crippen LogP contribution in [0.25, 0.3) is 0 Å². The van der Waals surface area contributed by atoms with E-state index < -0.39 is 0 Å². The molecule has 0 aromatic heterocycles. The molecule has 0 bridgehead atoms. The maximum Gasteiger partial charge on any atom is 0.122 e. The van der Waals surface area contributed by atoms with E-state index in [9.17, 15) is 4.79 Å². The maximum atomic E-state index is 10.4. The molecule has 0 fully saturated rings. The molecule has 0 unspecified atom stereocenters. The zero-order chi connectivity index (χ0) is 10.7. The van der Waals surface area contributed by atoms with Gasteiger partial charge < -0.3 is 9.53 Å². The number of benzene rings is 1. The number of rotatable bonds is 4. The molecule has 1 aliphatic carbocycles. The fourth-order valence-electron chi connectivity index (χ4n) is 2.25. The lowest BCUT2D eigenvalue weighted by atomic mass is 10.0. The van der Waals surface area contributed by atoms with Gasteiger partial charge in [-0.1, -0.05) is 6.07 Å². The molecule has 1 aromatic rings. The van der Waals surface area contributed by atoms with Crippen LogP contribution in [0.2, 0.25) is 0 Å². The highest BCUT2D eigenvalue weighted by Crippen LogP contribution is 2.30. The molecule has 0 atom stereocenters. The largest absolute Gasteiger partial charge is 0.496 e. The van der Waals surface area contributed by atoms with E-state index in [1.807, 2.05) is 0 Å². The molecular formula is C13H16O2. The van der Waals surface area contributed by atoms with Gasteiger partial charge in [-0.2, -0.15) is 0 Å². The fourth-order valence-corrected chi connectivity index (χ4v) is 2.25. The first-order valence-electron chi connectivity index (χ1n) is 5.47. The molecule has 0 spiro atoms. The van der Waals surface area contributed by atoms with Crippen LogP contribution in [-0.2, 0) is 24.1 Å². The smallest absolute Gasteiger partial charge is 0.122 e. The number of carbonyl (C=O) groups is 1. The molecule has 1 aromatic carbocycles. The molecule has 0 N–H and O–H groups in total. The van der Waals surface area contributed by atoms with Gasteiger partial charge in [-0.15, -0.1) is 0 Å². The lowest BCUT2D eigenvalue weighted by Gasteiger charge is -2.10. The molecule has 0 radical (unpaired) electrons. The van der Waals surface area contributed by atoms with Crippen LogP contribution >= 0.6 is 0 Å². The first-order valence-corrected chi connectivity index (χ1v) is 5.47. The SMILES string of the molecule is COc1cc2c(cc1CCC=O)CCC2. The molecule has 0 heterocycles. The summed E-state index contributed by atoms with van der Waals surface area (Å²) in [4.78, 5) is 10.4. The molecule has 2 heteroatoms. The van der Waals surface area contributed by atoms with Gasteiger partial charge in [0.15, 0.2) is 0 Å². The molecule has 15 heavy (non-hydrogen) atoms. The van der Waals surface area contributed by atoms with Gasteiger partial charge in [0.2, 0.25) is 0 Å². The predicted octanol–water partition coefficient (Wildman–Crippen LogP) is 2.32. The summed E-state index contributed by atoms with van der Waals surface area (Å²) in [6.07, 6.45) is 5.92. The van der Waals surface area contributed by atoms with Crippen molar-refractivity contribution in [3.05, 3.63) is 28.8 Å². The number of aldehydes is 1. The molecule has 0 saturated heterocycles. The summed E-state index contributed by atoms with van der Waals surface area (Å²) >= 11 is 0. The predicted molar refractivity (Wildman–Crippen MR) is 59.4 cm³/mol. The second kappa shape index (κ2) is 4.47. The highest BCUT2D eigenvalue weighted by atomic mass is 16.5. The number of hydrogen-bond acceptors (Lipinski definition) is 2. The average molecular weight is 204 g/mol. The minimum Gasteiger partial charge on any atom is -0.496 e. The van der Waals surface area contributed by atoms with Crippen LogP contribution in [-0.4, -0.2) is 13.4 Å². The molecule has 80 valence electrons. The molecular weight excluding hydrogens is 188 g/mol. The third-order valence-corrected chi connectivity index (χ3v) is 3.03. The Hall–Kier alpha value is -1.31. The normalized spacial score (nSPS) is 13.7. The van der Waals surface area contributed by atoms with E-state index in [1.165, 1.54) is 36.0 Å². The number of carbonyl (C=O) groups excluding carboxylic acids is 1. The summed E-state index contributed by atoms with van der Waals surface area (Å²) in [6, 6.07) is 4.35. The molecule has 0 saturated carbocycles. The van der Waals surface area contributed by atoms with Crippen LogP contribution in [0.1, 0.15) is 29.5 Å². The minimum atomic E-state index is 0.579. The van der Waals surface area contributed by atoms with Gasteiger partial charge in [0.25, 0.3) is 0 Å². The van der Waals surface area contributed by atoms with Crippen LogP contribution in [0.4, 0.5) is 0 Å². The summed E-state index contributed by atoms with van der Waals surface area (Å²) in [5, 5.41) is 0. The summed E-state index contributed by atoms with van der Waals surface area (Å²) in [5.74, 6) is 0.942. The van der Waals surface area contributed by atoms with Gasteiger partial charge in [-0.25, -0.2) is 0 Å². The summed E-state index contributed by atoms with van der Waals surface area (Å²) in [7, 11) is 1.70. The number of fused-ring (bicyclic) bond motifs is 1. The van der Waals surface area contributed by atoms with E-state index in [-0.39, 0.29) is 0 Å². The van der Waals surface area contributed by atoms with Crippen LogP contribution in [0.5, 0.6) is 5.75 Å². The van der Waals surface area contributed by atoms with Gasteiger partial charge in [-0.05, 0) is 48.4 Å². The number of aryl methyl sites for hydroxylation is 3. The second-order valence-corrected chi connectivity index (χ2v) is 3.99. The van der Waals surface area contributed by atoms with Crippen molar-refractivity contribution in [3.8, 4) is 5.75 Å². The van der Waals surface area contributed by atoms with Crippen molar-refractivity contribution < 1.29 is 9.53 Å². The first kappa shape index (κ1) is 10.2. The zero-order valence-electron chi connectivity index (χ0n) is 9.08. The highest BCUT2D eigenvalue weighted by Gasteiger charge is 2.14. The molecule has 1 aliphatic rings. The Kier molecular flexibility index (Phi) is 3.05. The van der Waals surface area contributed by atoms with Gasteiger partial charge in [0.1, 0.15) is 12.0 Å². The Labute approximate surface area is 90.3 Å². The fraction of sp³-hybridized carbons (Fsp3) is 0.462. The van der Waals surface area contributed by atoms with Crippen LogP contribution < -0.4 is 4.74 Å². The molecule has 0 aliphatic heterocycles. The Bertz CT molecular complexity index is 369. The van der Waals surface area contributed by atoms with E-state index in [2.05, 4.69) is 12.1 Å². The standard InChI is InChI=1S/C13H16O2/c1-15-13-9-11-5-2-4-10(11)8-12(13)6-3-7-14/h7-9H,2-6H2,1H3. The van der Waals surface area contributed by atoms with E-state index in [4.69, 9.17) is 4.74 Å². The second-order valence-electron chi connectivity index (χ2n) is 3.99. The zero-order valence-corrected chi connectivity index (χ0v) is 9.08. The monoisotopic (exact) mass is 204 g/mol. The molecule has 0 amide bonds. The van der Waals surface area contributed by atoms with Crippen molar-refractivity contribution in [2.45, 2.75) is 32.1 Å². The van der Waals surface area contributed by atoms with Crippen molar-refractivity contribution in [1.29, 1.82) is 0 Å². The van der Waals surface area contributed by atoms with Crippen LogP contribution in [0, 0.1) is 0 Å². The summed E-state index contributed by atoms with van der Waals surface area (Å²) in [6.45, 7) is 0. The Morgan fingerprint density at radius 1 is 1.33 bits per heavy atom. The maximum absolute atomic E-state index is 10.4. The average Bonchev–Trinajstić information content (AvgIpc) is 2.71. The van der Waals surface area contributed by atoms with Gasteiger partial charge in [0.05, 0.1) is 7.11 Å². The van der Waals surface area contributed by atoms with Gasteiger partial charge in [-0.3, -0.25) is 0 Å². The Morgan fingerprint density at radius 3 is 2.73 bits per heavy atom. The highest BCUT2D eigenvalue weighted by molar-refractivity contribution is 5.52. The number of ether oxygens (including phenoxy) is 1. The van der Waals surface area contributed by atoms with Crippen molar-refractivity contribution in [2.24, 2.45) is 0 Å². The van der Waals surface area contributed by atoms with Crippen LogP contribution in [0.3, 0.4) is 0 Å². The molecule has 2 rings (SSSR count). The van der Waals surface area contributed by atoms with Gasteiger partial charge >= 0.3 is 0 Å². The van der Waals surface area contributed by atoms with E-state index >= 15 is 0 Å². The Balaban J connectivity index is 2.30. The van der Waals surface area contributed by atoms with Crippen molar-refractivity contribution in [1.82, 2.24) is 0 Å². The van der Waals surface area contributed by atoms with Crippen LogP contribution in [0.15, 0.2) is 12.1 Å². The topological polar surface area (TPSA) is 26.3 Å². The van der Waals surface area contributed by atoms with Gasteiger partial charge in [0, 0.05) is 6.42 Å². The van der Waals surface area contributed by atoms with Crippen molar-refractivity contribution >= 4 is 6.29 Å². The number of hydrogen-bond donors (Lipinski definition) is 0. The molecule has 2 nitrogen and oxygen atoms in total. The van der Waals surface area contributed by atoms with Crippen molar-refractivity contribution in [2.75, 3.05) is 7.11 Å². The third kappa shape index (κ3) is 2.04. The summed E-state index contributed by atoms with van der Waals surface area (Å²) in [5.41, 5.74) is 4.03. The van der Waals surface area contributed by atoms with E-state index in [0.29, 0.717) is 6.42 Å². The van der Waals surface area contributed by atoms with E-state index in [1.54, 1.807) is 7.11 Å². The first-order chi connectivity index (χ1) is 7.35. The summed E-state index contributed by atoms with van der Waals surface area (Å²) < 4.78 is 5.35. The lowest BCUT2D eigenvalue weighted by Crippen LogP contribution is -1.96. The van der Waals surface area contributed by atoms with Crippen molar-refractivity contribution in [3.63, 3.8) is 0 Å².